The van der Waals surface area contributed by atoms with Crippen molar-refractivity contribution >= 4 is 51.4 Å². The molecule has 5 heteroatoms. The molecular formula is C60H73BN2O2. The van der Waals surface area contributed by atoms with E-state index in [-0.39, 0.29) is 39.8 Å². The molecule has 4 nitrogen and oxygen atoms in total. The Morgan fingerprint density at radius 3 is 2.09 bits per heavy atom. The van der Waals surface area contributed by atoms with Crippen LogP contribution in [0.4, 0.5) is 17.3 Å². The number of nitrogens with one attached hydrogen (secondary N) is 1. The van der Waals surface area contributed by atoms with Crippen molar-refractivity contribution in [3.05, 3.63) is 154 Å². The number of para-hydroxylation sites is 1. The average Bonchev–Trinajstić information content (AvgIpc) is 3.66. The Labute approximate surface area is 390 Å². The molecule has 0 spiro atoms. The number of furan rings is 1. The number of benzene rings is 3. The summed E-state index contributed by atoms with van der Waals surface area (Å²) in [5.74, 6) is 0.986. The molecule has 338 valence electrons. The molecule has 0 saturated carbocycles. The first-order valence-electron chi connectivity index (χ1n) is 24.7. The second-order valence-corrected chi connectivity index (χ2v) is 23.3. The van der Waals surface area contributed by atoms with Gasteiger partial charge in [-0.3, -0.25) is 0 Å². The van der Waals surface area contributed by atoms with Gasteiger partial charge in [0.1, 0.15) is 11.2 Å². The predicted molar refractivity (Wildman–Crippen MR) is 279 cm³/mol. The molecule has 0 fully saturated rings. The van der Waals surface area contributed by atoms with E-state index < -0.39 is 0 Å². The summed E-state index contributed by atoms with van der Waals surface area (Å²) in [6, 6.07) is 29.2. The van der Waals surface area contributed by atoms with E-state index in [1.165, 1.54) is 61.7 Å². The minimum atomic E-state index is -0.0812. The Balaban J connectivity index is 1.41. The smallest absolute Gasteiger partial charge is 0.249 e. The Morgan fingerprint density at radius 2 is 1.42 bits per heavy atom. The van der Waals surface area contributed by atoms with Gasteiger partial charge in [0.05, 0.1) is 12.3 Å². The fourth-order valence-electron chi connectivity index (χ4n) is 11.5. The standard InChI is InChI=1S/C60H73BN2O2/c1-14-16-17-23-41(15-2)61-53-44-37-47-48(60(12,13)31-30-59(47,10)11)38-52(44)65-55(53)63(43-26-27-45-46(36-43)58(8,9)29-28-57(45,6)7)50-35-40(56(3,4)5)34-49(54(50)61)62-42-24-20-21-32-64-51-25-19-18-22-39(51)33-42/h15,17-27,32-34,36-38,50,62H,14,16,28-31,35H2,1-13H3/b23-17-,24-20?,32-21?,41-15+,42-33?. The third kappa shape index (κ3) is 8.03. The maximum Gasteiger partial charge on any atom is 0.249 e. The Bertz CT molecular complexity index is 2860. The molecule has 0 amide bonds. The van der Waals surface area contributed by atoms with Crippen LogP contribution in [0.15, 0.2) is 140 Å². The predicted octanol–water partition coefficient (Wildman–Crippen LogP) is 16.3. The first kappa shape index (κ1) is 45.0. The lowest BCUT2D eigenvalue weighted by Gasteiger charge is -2.47. The molecule has 1 N–H and O–H groups in total. The van der Waals surface area contributed by atoms with Crippen molar-refractivity contribution in [2.24, 2.45) is 5.41 Å². The van der Waals surface area contributed by atoms with Crippen LogP contribution in [0, 0.1) is 5.41 Å². The summed E-state index contributed by atoms with van der Waals surface area (Å²) in [6.45, 7) is 31.1. The molecule has 0 saturated heterocycles. The highest BCUT2D eigenvalue weighted by Crippen LogP contribution is 2.53. The largest absolute Gasteiger partial charge is 0.464 e. The van der Waals surface area contributed by atoms with Gasteiger partial charge in [0, 0.05) is 33.3 Å². The fourth-order valence-corrected chi connectivity index (χ4v) is 11.5. The van der Waals surface area contributed by atoms with Gasteiger partial charge in [0.2, 0.25) is 6.71 Å². The number of hydrogen-bond donors (Lipinski definition) is 1. The summed E-state index contributed by atoms with van der Waals surface area (Å²) in [5, 5.41) is 6.40. The molecule has 0 radical (unpaired) electrons. The van der Waals surface area contributed by atoms with E-state index in [0.29, 0.717) is 0 Å². The maximum atomic E-state index is 7.58. The van der Waals surface area contributed by atoms with Crippen LogP contribution in [0.1, 0.15) is 157 Å². The van der Waals surface area contributed by atoms with Gasteiger partial charge in [-0.1, -0.05) is 149 Å². The SMILES string of the molecule is C/C=C(\C=C/CCC)B1C2=C(Nc3ccccoc4ccccc4c3)C=C(C(C)(C)C)CC2N(c2ccc3c(c2)C(C)(C)CCC3(C)C)c2oc3cc4c(cc3c21)C(C)(C)CCC4(C)C. The number of nitrogens with zero attached hydrogens (tertiary/aromatic N) is 1. The van der Waals surface area contributed by atoms with Gasteiger partial charge in [-0.15, -0.1) is 0 Å². The number of unbranched alkanes of at least 4 members (excludes halogenated alkanes) is 1. The number of fused-ring (bicyclic) bond motifs is 7. The van der Waals surface area contributed by atoms with Crippen molar-refractivity contribution in [3.63, 3.8) is 0 Å². The van der Waals surface area contributed by atoms with Crippen LogP contribution in [0.2, 0.25) is 0 Å². The molecule has 1 aliphatic heterocycles. The van der Waals surface area contributed by atoms with Crippen molar-refractivity contribution in [1.82, 2.24) is 0 Å². The molecule has 0 bridgehead atoms. The van der Waals surface area contributed by atoms with Crippen LogP contribution < -0.4 is 15.7 Å². The van der Waals surface area contributed by atoms with Gasteiger partial charge in [0.25, 0.3) is 0 Å². The second kappa shape index (κ2) is 16.3. The lowest BCUT2D eigenvalue weighted by Crippen LogP contribution is -2.54. The summed E-state index contributed by atoms with van der Waals surface area (Å²) in [5.41, 5.74) is 16.5. The zero-order valence-electron chi connectivity index (χ0n) is 41.8. The zero-order chi connectivity index (χ0) is 46.3. The Hall–Kier alpha value is -5.16. The number of anilines is 3. The van der Waals surface area contributed by atoms with Gasteiger partial charge < -0.3 is 19.1 Å². The highest BCUT2D eigenvalue weighted by atomic mass is 16.4. The van der Waals surface area contributed by atoms with Crippen LogP contribution in [0.5, 0.6) is 0 Å². The topological polar surface area (TPSA) is 41.6 Å². The van der Waals surface area contributed by atoms with Crippen LogP contribution in [-0.4, -0.2) is 12.8 Å². The third-order valence-corrected chi connectivity index (χ3v) is 15.9. The van der Waals surface area contributed by atoms with E-state index in [1.54, 1.807) is 6.26 Å². The van der Waals surface area contributed by atoms with E-state index in [9.17, 15) is 0 Å². The molecule has 3 aromatic carbocycles. The summed E-state index contributed by atoms with van der Waals surface area (Å²) in [6.07, 6.45) is 19.1. The van der Waals surface area contributed by atoms with Crippen molar-refractivity contribution in [2.75, 3.05) is 10.2 Å². The quantitative estimate of drug-likeness (QED) is 0.131. The highest BCUT2D eigenvalue weighted by Gasteiger charge is 2.50. The van der Waals surface area contributed by atoms with E-state index in [0.717, 1.165) is 72.3 Å². The molecule has 65 heavy (non-hydrogen) atoms. The molecule has 3 heterocycles. The lowest BCUT2D eigenvalue weighted by molar-refractivity contribution is 0.332. The normalized spacial score (nSPS) is 20.8. The van der Waals surface area contributed by atoms with Crippen molar-refractivity contribution < 1.29 is 8.83 Å². The van der Waals surface area contributed by atoms with Crippen molar-refractivity contribution in [2.45, 2.75) is 163 Å². The summed E-state index contributed by atoms with van der Waals surface area (Å²) in [4.78, 5) is 2.64. The monoisotopic (exact) mass is 865 g/mol. The number of rotatable bonds is 7. The first-order chi connectivity index (χ1) is 30.7. The summed E-state index contributed by atoms with van der Waals surface area (Å²) < 4.78 is 13.7. The van der Waals surface area contributed by atoms with E-state index in [2.05, 4.69) is 185 Å². The molecule has 5 aromatic rings. The Morgan fingerprint density at radius 1 is 0.769 bits per heavy atom. The van der Waals surface area contributed by atoms with Crippen molar-refractivity contribution in [1.29, 1.82) is 0 Å². The third-order valence-electron chi connectivity index (χ3n) is 15.9. The van der Waals surface area contributed by atoms with E-state index in [4.69, 9.17) is 8.83 Å². The minimum Gasteiger partial charge on any atom is -0.464 e. The van der Waals surface area contributed by atoms with Gasteiger partial charge >= 0.3 is 0 Å². The first-order valence-corrected chi connectivity index (χ1v) is 24.7. The van der Waals surface area contributed by atoms with Gasteiger partial charge in [-0.05, 0) is 155 Å². The molecule has 3 aliphatic carbocycles. The number of allylic oxidation sites excluding steroid dienone is 5. The van der Waals surface area contributed by atoms with E-state index in [1.807, 2.05) is 18.2 Å². The minimum absolute atomic E-state index is 0.0268. The molecule has 4 aliphatic rings. The van der Waals surface area contributed by atoms with Gasteiger partial charge in [0.15, 0.2) is 5.88 Å². The molecular weight excluding hydrogens is 791 g/mol. The fraction of sp³-hybridized carbons (Fsp3) is 0.433. The molecule has 2 aromatic heterocycles. The van der Waals surface area contributed by atoms with Gasteiger partial charge in [-0.2, -0.15) is 0 Å². The molecule has 1 atom stereocenters. The summed E-state index contributed by atoms with van der Waals surface area (Å²) in [7, 11) is 0. The maximum absolute atomic E-state index is 7.58. The molecule has 9 rings (SSSR count). The number of hydrogen-bond acceptors (Lipinski definition) is 4. The Kier molecular flexibility index (Phi) is 11.3. The molecule has 1 unspecified atom stereocenters. The van der Waals surface area contributed by atoms with Crippen LogP contribution in [0.25, 0.3) is 21.9 Å². The van der Waals surface area contributed by atoms with Crippen molar-refractivity contribution in [3.8, 4) is 0 Å². The van der Waals surface area contributed by atoms with Crippen LogP contribution >= 0.6 is 0 Å². The van der Waals surface area contributed by atoms with E-state index >= 15 is 0 Å². The lowest BCUT2D eigenvalue weighted by atomic mass is 9.32. The zero-order valence-corrected chi connectivity index (χ0v) is 41.8. The van der Waals surface area contributed by atoms with Gasteiger partial charge in [-0.25, -0.2) is 0 Å². The average molecular weight is 865 g/mol. The van der Waals surface area contributed by atoms with Crippen LogP contribution in [-0.2, 0) is 21.7 Å². The second-order valence-electron chi connectivity index (χ2n) is 23.3. The highest BCUT2D eigenvalue weighted by molar-refractivity contribution is 6.90. The summed E-state index contributed by atoms with van der Waals surface area (Å²) >= 11 is 0. The van der Waals surface area contributed by atoms with Crippen LogP contribution in [0.3, 0.4) is 0 Å².